The first-order chi connectivity index (χ1) is 10.7. The number of nitrogens with one attached hydrogen (secondary N) is 1. The number of aromatic nitrogens is 1. The first-order valence-electron chi connectivity index (χ1n) is 7.33. The van der Waals surface area contributed by atoms with Crippen LogP contribution in [0.2, 0.25) is 0 Å². The molecule has 2 heterocycles. The van der Waals surface area contributed by atoms with Gasteiger partial charge in [-0.1, -0.05) is 18.2 Å². The summed E-state index contributed by atoms with van der Waals surface area (Å²) in [5.74, 6) is 0.986. The van der Waals surface area contributed by atoms with Crippen molar-refractivity contribution in [2.75, 3.05) is 25.5 Å². The van der Waals surface area contributed by atoms with Gasteiger partial charge in [-0.25, -0.2) is 4.98 Å². The number of para-hydroxylation sites is 1. The van der Waals surface area contributed by atoms with Crippen LogP contribution in [-0.4, -0.2) is 42.0 Å². The van der Waals surface area contributed by atoms with Crippen LogP contribution >= 0.6 is 11.3 Å². The minimum Gasteiger partial charge on any atom is -0.488 e. The van der Waals surface area contributed by atoms with Crippen LogP contribution in [0.1, 0.15) is 12.0 Å². The Morgan fingerprint density at radius 2 is 2.36 bits per heavy atom. The number of rotatable bonds is 6. The van der Waals surface area contributed by atoms with Crippen molar-refractivity contribution < 1.29 is 9.53 Å². The molecule has 116 valence electrons. The first kappa shape index (κ1) is 15.0. The molecule has 1 amide bonds. The predicted octanol–water partition coefficient (Wildman–Crippen LogP) is 2.41. The largest absolute Gasteiger partial charge is 0.488 e. The zero-order chi connectivity index (χ0) is 15.4. The molecule has 1 N–H and O–H groups in total. The normalized spacial score (nSPS) is 16.4. The van der Waals surface area contributed by atoms with Crippen molar-refractivity contribution in [3.05, 3.63) is 41.4 Å². The van der Waals surface area contributed by atoms with Crippen LogP contribution in [0.3, 0.4) is 0 Å². The van der Waals surface area contributed by atoms with Crippen molar-refractivity contribution in [1.82, 2.24) is 9.88 Å². The molecule has 0 unspecified atom stereocenters. The van der Waals surface area contributed by atoms with Gasteiger partial charge in [-0.05, 0) is 18.7 Å². The molecule has 0 fully saturated rings. The molecule has 1 aromatic carbocycles. The van der Waals surface area contributed by atoms with E-state index in [1.165, 1.54) is 16.9 Å². The second-order valence-corrected chi connectivity index (χ2v) is 6.34. The topological polar surface area (TPSA) is 54.5 Å². The van der Waals surface area contributed by atoms with E-state index in [-0.39, 0.29) is 12.0 Å². The summed E-state index contributed by atoms with van der Waals surface area (Å²) in [5, 5.41) is 5.29. The van der Waals surface area contributed by atoms with Gasteiger partial charge in [0.05, 0.1) is 0 Å². The molecule has 22 heavy (non-hydrogen) atoms. The SMILES string of the molecule is CN(CCC(=O)Nc1nccs1)C[C@H]1Cc2ccccc2O1. The maximum atomic E-state index is 11.8. The van der Waals surface area contributed by atoms with Crippen molar-refractivity contribution in [2.45, 2.75) is 18.9 Å². The fourth-order valence-electron chi connectivity index (χ4n) is 2.55. The van der Waals surface area contributed by atoms with E-state index >= 15 is 0 Å². The van der Waals surface area contributed by atoms with E-state index in [1.54, 1.807) is 6.20 Å². The lowest BCUT2D eigenvalue weighted by Crippen LogP contribution is -2.34. The Bertz CT molecular complexity index is 605. The fraction of sp³-hybridized carbons (Fsp3) is 0.375. The van der Waals surface area contributed by atoms with Gasteiger partial charge in [0.15, 0.2) is 5.13 Å². The summed E-state index contributed by atoms with van der Waals surface area (Å²) in [4.78, 5) is 18.0. The van der Waals surface area contributed by atoms with E-state index in [9.17, 15) is 4.79 Å². The minimum absolute atomic E-state index is 0.00238. The minimum atomic E-state index is -0.00238. The fourth-order valence-corrected chi connectivity index (χ4v) is 3.10. The highest BCUT2D eigenvalue weighted by Crippen LogP contribution is 2.28. The van der Waals surface area contributed by atoms with Gasteiger partial charge < -0.3 is 15.0 Å². The summed E-state index contributed by atoms with van der Waals surface area (Å²) in [7, 11) is 2.02. The number of ether oxygens (including phenoxy) is 1. The molecule has 0 radical (unpaired) electrons. The monoisotopic (exact) mass is 317 g/mol. The van der Waals surface area contributed by atoms with E-state index in [1.807, 2.05) is 30.6 Å². The Hall–Kier alpha value is -1.92. The van der Waals surface area contributed by atoms with Gasteiger partial charge in [-0.3, -0.25) is 4.79 Å². The number of carbonyl (C=O) groups excluding carboxylic acids is 1. The number of fused-ring (bicyclic) bond motifs is 1. The molecule has 1 atom stereocenters. The third-order valence-corrected chi connectivity index (χ3v) is 4.32. The Morgan fingerprint density at radius 1 is 1.50 bits per heavy atom. The number of likely N-dealkylation sites (N-methyl/N-ethyl adjacent to an activating group) is 1. The Labute approximate surface area is 133 Å². The second-order valence-electron chi connectivity index (χ2n) is 5.45. The van der Waals surface area contributed by atoms with Gasteiger partial charge in [0.1, 0.15) is 11.9 Å². The van der Waals surface area contributed by atoms with Crippen LogP contribution in [0.5, 0.6) is 5.75 Å². The zero-order valence-electron chi connectivity index (χ0n) is 12.5. The van der Waals surface area contributed by atoms with Crippen LogP contribution in [0.15, 0.2) is 35.8 Å². The molecule has 1 aliphatic heterocycles. The van der Waals surface area contributed by atoms with Crippen LogP contribution < -0.4 is 10.1 Å². The van der Waals surface area contributed by atoms with Gasteiger partial charge in [0.25, 0.3) is 0 Å². The van der Waals surface area contributed by atoms with Crippen LogP contribution in [-0.2, 0) is 11.2 Å². The maximum Gasteiger partial charge on any atom is 0.227 e. The molecule has 0 bridgehead atoms. The lowest BCUT2D eigenvalue weighted by Gasteiger charge is -2.20. The van der Waals surface area contributed by atoms with E-state index in [0.717, 1.165) is 18.7 Å². The number of carbonyl (C=O) groups is 1. The van der Waals surface area contributed by atoms with E-state index in [2.05, 4.69) is 21.3 Å². The first-order valence-corrected chi connectivity index (χ1v) is 8.21. The average molecular weight is 317 g/mol. The van der Waals surface area contributed by atoms with Gasteiger partial charge >= 0.3 is 0 Å². The molecule has 0 spiro atoms. The summed E-state index contributed by atoms with van der Waals surface area (Å²) in [5.41, 5.74) is 1.27. The predicted molar refractivity (Wildman–Crippen MR) is 87.4 cm³/mol. The van der Waals surface area contributed by atoms with Crippen LogP contribution in [0, 0.1) is 0 Å². The van der Waals surface area contributed by atoms with Crippen LogP contribution in [0.4, 0.5) is 5.13 Å². The van der Waals surface area contributed by atoms with Crippen molar-refractivity contribution in [3.8, 4) is 5.75 Å². The number of amides is 1. The van der Waals surface area contributed by atoms with Gasteiger partial charge in [-0.2, -0.15) is 0 Å². The van der Waals surface area contributed by atoms with E-state index in [0.29, 0.717) is 18.1 Å². The summed E-state index contributed by atoms with van der Waals surface area (Å²) < 4.78 is 5.92. The molecule has 6 heteroatoms. The molecule has 0 saturated carbocycles. The third-order valence-electron chi connectivity index (χ3n) is 3.63. The van der Waals surface area contributed by atoms with Gasteiger partial charge in [0.2, 0.25) is 5.91 Å². The average Bonchev–Trinajstić information content (AvgIpc) is 3.13. The molecule has 5 nitrogen and oxygen atoms in total. The zero-order valence-corrected chi connectivity index (χ0v) is 13.3. The van der Waals surface area contributed by atoms with Crippen molar-refractivity contribution in [1.29, 1.82) is 0 Å². The number of thiazole rings is 1. The lowest BCUT2D eigenvalue weighted by atomic mass is 10.1. The number of anilines is 1. The van der Waals surface area contributed by atoms with E-state index < -0.39 is 0 Å². The maximum absolute atomic E-state index is 11.8. The standard InChI is InChI=1S/C16H19N3O2S/c1-19(8-6-15(20)18-16-17-7-9-22-16)11-13-10-12-4-2-3-5-14(12)21-13/h2-5,7,9,13H,6,8,10-11H2,1H3,(H,17,18,20)/t13-/m1/s1. The van der Waals surface area contributed by atoms with Gasteiger partial charge in [0, 0.05) is 37.5 Å². The van der Waals surface area contributed by atoms with Crippen molar-refractivity contribution >= 4 is 22.4 Å². The summed E-state index contributed by atoms with van der Waals surface area (Å²) in [6.07, 6.45) is 3.24. The number of hydrogen-bond acceptors (Lipinski definition) is 5. The lowest BCUT2D eigenvalue weighted by molar-refractivity contribution is -0.116. The Morgan fingerprint density at radius 3 is 3.14 bits per heavy atom. The van der Waals surface area contributed by atoms with E-state index in [4.69, 9.17) is 4.74 Å². The van der Waals surface area contributed by atoms with Crippen LogP contribution in [0.25, 0.3) is 0 Å². The summed E-state index contributed by atoms with van der Waals surface area (Å²) in [6.45, 7) is 1.52. The molecule has 0 saturated heterocycles. The quantitative estimate of drug-likeness (QED) is 0.889. The highest BCUT2D eigenvalue weighted by Gasteiger charge is 2.23. The number of hydrogen-bond donors (Lipinski definition) is 1. The summed E-state index contributed by atoms with van der Waals surface area (Å²) >= 11 is 1.43. The molecular weight excluding hydrogens is 298 g/mol. The van der Waals surface area contributed by atoms with Gasteiger partial charge in [-0.15, -0.1) is 11.3 Å². The Balaban J connectivity index is 1.40. The van der Waals surface area contributed by atoms with Crippen molar-refractivity contribution in [3.63, 3.8) is 0 Å². The molecule has 1 aromatic heterocycles. The number of benzene rings is 1. The second kappa shape index (κ2) is 6.89. The third kappa shape index (κ3) is 3.84. The smallest absolute Gasteiger partial charge is 0.227 e. The molecule has 0 aliphatic carbocycles. The highest BCUT2D eigenvalue weighted by atomic mass is 32.1. The molecule has 2 aromatic rings. The summed E-state index contributed by atoms with van der Waals surface area (Å²) in [6, 6.07) is 8.15. The number of nitrogens with zero attached hydrogens (tertiary/aromatic N) is 2. The molecule has 1 aliphatic rings. The Kier molecular flexibility index (Phi) is 4.70. The van der Waals surface area contributed by atoms with Crippen molar-refractivity contribution in [2.24, 2.45) is 0 Å². The molecular formula is C16H19N3O2S. The highest BCUT2D eigenvalue weighted by molar-refractivity contribution is 7.13. The molecule has 3 rings (SSSR count).